The molecular weight excluding hydrogens is 469 g/mol. The van der Waals surface area contributed by atoms with Crippen LogP contribution in [0.2, 0.25) is 0 Å². The smallest absolute Gasteiger partial charge is 0.242 e. The van der Waals surface area contributed by atoms with Crippen LogP contribution in [0.25, 0.3) is 0 Å². The molecule has 35 heavy (non-hydrogen) atoms. The Morgan fingerprint density at radius 3 is 2.23 bits per heavy atom. The Morgan fingerprint density at radius 2 is 1.66 bits per heavy atom. The number of benzene rings is 2. The monoisotopic (exact) mass is 505 g/mol. The van der Waals surface area contributed by atoms with E-state index < -0.39 is 21.9 Å². The van der Waals surface area contributed by atoms with Gasteiger partial charge in [0.1, 0.15) is 11.9 Å². The zero-order valence-electron chi connectivity index (χ0n) is 20.7. The lowest BCUT2D eigenvalue weighted by Gasteiger charge is -2.31. The average Bonchev–Trinajstić information content (AvgIpc) is 2.83. The van der Waals surface area contributed by atoms with Crippen LogP contribution in [-0.4, -0.2) is 57.1 Å². The number of anilines is 1. The van der Waals surface area contributed by atoms with Gasteiger partial charge in [0, 0.05) is 26.1 Å². The Morgan fingerprint density at radius 1 is 1.00 bits per heavy atom. The Kier molecular flexibility index (Phi) is 11.2. The number of hydrogen-bond acceptors (Lipinski definition) is 4. The van der Waals surface area contributed by atoms with Crippen molar-refractivity contribution in [2.45, 2.75) is 52.0 Å². The number of rotatable bonds is 14. The lowest BCUT2D eigenvalue weighted by atomic mass is 10.1. The minimum absolute atomic E-state index is 0.0710. The van der Waals surface area contributed by atoms with Crippen molar-refractivity contribution in [1.82, 2.24) is 10.2 Å². The molecule has 1 N–H and O–H groups in total. The fourth-order valence-electron chi connectivity index (χ4n) is 3.87. The van der Waals surface area contributed by atoms with Crippen LogP contribution in [0.5, 0.6) is 0 Å². The van der Waals surface area contributed by atoms with Crippen molar-refractivity contribution in [3.8, 4) is 0 Å². The molecule has 0 spiro atoms. The predicted octanol–water partition coefficient (Wildman–Crippen LogP) is 3.75. The highest BCUT2D eigenvalue weighted by atomic mass is 32.2. The average molecular weight is 506 g/mol. The van der Waals surface area contributed by atoms with Gasteiger partial charge in [-0.15, -0.1) is 0 Å². The maximum Gasteiger partial charge on any atom is 0.242 e. The summed E-state index contributed by atoms with van der Waals surface area (Å²) < 4.78 is 39.1. The van der Waals surface area contributed by atoms with Gasteiger partial charge in [0.25, 0.3) is 0 Å². The molecular formula is C26H36FN3O4S. The van der Waals surface area contributed by atoms with E-state index in [-0.39, 0.29) is 31.2 Å². The van der Waals surface area contributed by atoms with E-state index in [0.717, 1.165) is 18.2 Å². The van der Waals surface area contributed by atoms with Gasteiger partial charge in [-0.25, -0.2) is 12.8 Å². The fraction of sp³-hybridized carbons (Fsp3) is 0.462. The number of nitrogens with zero attached hydrogens (tertiary/aromatic N) is 2. The van der Waals surface area contributed by atoms with E-state index in [1.54, 1.807) is 4.90 Å². The Balaban J connectivity index is 2.13. The molecule has 0 bridgehead atoms. The van der Waals surface area contributed by atoms with E-state index in [0.29, 0.717) is 31.6 Å². The third-order valence-electron chi connectivity index (χ3n) is 5.69. The molecule has 0 fully saturated rings. The number of amides is 2. The highest BCUT2D eigenvalue weighted by Gasteiger charge is 2.28. The Hall–Kier alpha value is -2.94. The van der Waals surface area contributed by atoms with Crippen molar-refractivity contribution in [2.24, 2.45) is 0 Å². The summed E-state index contributed by atoms with van der Waals surface area (Å²) in [6.07, 6.45) is 3.30. The van der Waals surface area contributed by atoms with Crippen LogP contribution in [0.1, 0.15) is 45.1 Å². The summed E-state index contributed by atoms with van der Waals surface area (Å²) in [7, 11) is -3.62. The van der Waals surface area contributed by atoms with Gasteiger partial charge in [0.05, 0.1) is 11.9 Å². The molecule has 2 amide bonds. The number of carbonyl (C=O) groups excluding carboxylic acids is 2. The molecule has 2 rings (SSSR count). The van der Waals surface area contributed by atoms with Crippen molar-refractivity contribution in [2.75, 3.05) is 30.2 Å². The van der Waals surface area contributed by atoms with Gasteiger partial charge < -0.3 is 10.2 Å². The molecule has 9 heteroatoms. The van der Waals surface area contributed by atoms with Gasteiger partial charge in [0.15, 0.2) is 0 Å². The standard InChI is InChI=1S/C26H36FN3O4S/c1-4-18-28-26(32)24(5-2)29(20-17-21-10-7-6-8-11-21)25(31)12-9-19-30(35(3,33)34)23-15-13-22(27)14-16-23/h6-8,10-11,13-16,24H,4-5,9,12,17-20H2,1-3H3,(H,28,32). The third kappa shape index (κ3) is 8.98. The van der Waals surface area contributed by atoms with Crippen molar-refractivity contribution >= 4 is 27.5 Å². The first-order chi connectivity index (χ1) is 16.7. The van der Waals surface area contributed by atoms with E-state index in [2.05, 4.69) is 5.32 Å². The highest BCUT2D eigenvalue weighted by Crippen LogP contribution is 2.19. The molecule has 1 atom stereocenters. The van der Waals surface area contributed by atoms with Crippen LogP contribution in [0, 0.1) is 5.82 Å². The summed E-state index contributed by atoms with van der Waals surface area (Å²) in [4.78, 5) is 27.7. The third-order valence-corrected chi connectivity index (χ3v) is 6.88. The number of sulfonamides is 1. The van der Waals surface area contributed by atoms with E-state index in [9.17, 15) is 22.4 Å². The van der Waals surface area contributed by atoms with E-state index in [4.69, 9.17) is 0 Å². The number of carbonyl (C=O) groups is 2. The minimum Gasteiger partial charge on any atom is -0.354 e. The van der Waals surface area contributed by atoms with Crippen molar-refractivity contribution < 1.29 is 22.4 Å². The zero-order chi connectivity index (χ0) is 25.8. The predicted molar refractivity (Wildman–Crippen MR) is 137 cm³/mol. The van der Waals surface area contributed by atoms with Crippen LogP contribution in [0.15, 0.2) is 54.6 Å². The largest absolute Gasteiger partial charge is 0.354 e. The first-order valence-electron chi connectivity index (χ1n) is 12.0. The molecule has 0 aliphatic carbocycles. The van der Waals surface area contributed by atoms with Crippen LogP contribution < -0.4 is 9.62 Å². The first kappa shape index (κ1) is 28.3. The molecule has 0 radical (unpaired) electrons. The summed E-state index contributed by atoms with van der Waals surface area (Å²) in [6, 6.07) is 14.3. The Labute approximate surface area is 208 Å². The molecule has 0 heterocycles. The number of hydrogen-bond donors (Lipinski definition) is 1. The number of nitrogens with one attached hydrogen (secondary N) is 1. The first-order valence-corrected chi connectivity index (χ1v) is 13.9. The molecule has 7 nitrogen and oxygen atoms in total. The fourth-order valence-corrected chi connectivity index (χ4v) is 4.84. The molecule has 1 unspecified atom stereocenters. The van der Waals surface area contributed by atoms with Crippen LogP contribution in [0.3, 0.4) is 0 Å². The molecule has 2 aromatic carbocycles. The van der Waals surface area contributed by atoms with Crippen LogP contribution in [0.4, 0.5) is 10.1 Å². The molecule has 0 aliphatic rings. The summed E-state index contributed by atoms with van der Waals surface area (Å²) in [5.74, 6) is -0.842. The molecule has 0 aromatic heterocycles. The minimum atomic E-state index is -3.62. The topological polar surface area (TPSA) is 86.8 Å². The molecule has 0 aliphatic heterocycles. The second-order valence-electron chi connectivity index (χ2n) is 8.45. The summed E-state index contributed by atoms with van der Waals surface area (Å²) in [5, 5.41) is 2.89. The van der Waals surface area contributed by atoms with Gasteiger partial charge in [-0.3, -0.25) is 13.9 Å². The second kappa shape index (κ2) is 13.8. The molecule has 0 saturated heterocycles. The van der Waals surface area contributed by atoms with Gasteiger partial charge in [-0.1, -0.05) is 44.2 Å². The lowest BCUT2D eigenvalue weighted by Crippen LogP contribution is -2.50. The van der Waals surface area contributed by atoms with Gasteiger partial charge in [-0.05, 0) is 55.5 Å². The Bertz CT molecular complexity index is 1050. The summed E-state index contributed by atoms with van der Waals surface area (Å²) >= 11 is 0. The van der Waals surface area contributed by atoms with E-state index in [1.165, 1.54) is 28.6 Å². The zero-order valence-corrected chi connectivity index (χ0v) is 21.6. The molecule has 2 aromatic rings. The van der Waals surface area contributed by atoms with Gasteiger partial charge in [0.2, 0.25) is 21.8 Å². The highest BCUT2D eigenvalue weighted by molar-refractivity contribution is 7.92. The van der Waals surface area contributed by atoms with Crippen molar-refractivity contribution in [3.05, 3.63) is 66.0 Å². The second-order valence-corrected chi connectivity index (χ2v) is 10.4. The van der Waals surface area contributed by atoms with Crippen molar-refractivity contribution in [1.29, 1.82) is 0 Å². The van der Waals surface area contributed by atoms with E-state index >= 15 is 0 Å². The van der Waals surface area contributed by atoms with Crippen molar-refractivity contribution in [3.63, 3.8) is 0 Å². The normalized spacial score (nSPS) is 12.1. The van der Waals surface area contributed by atoms with Gasteiger partial charge in [-0.2, -0.15) is 0 Å². The van der Waals surface area contributed by atoms with Crippen LogP contribution >= 0.6 is 0 Å². The quantitative estimate of drug-likeness (QED) is 0.424. The maximum atomic E-state index is 13.3. The summed E-state index contributed by atoms with van der Waals surface area (Å²) in [5.41, 5.74) is 1.40. The lowest BCUT2D eigenvalue weighted by molar-refractivity contribution is -0.140. The molecule has 192 valence electrons. The van der Waals surface area contributed by atoms with Gasteiger partial charge >= 0.3 is 0 Å². The SMILES string of the molecule is CCCNC(=O)C(CC)N(CCc1ccccc1)C(=O)CCCN(c1ccc(F)cc1)S(C)(=O)=O. The number of halogens is 1. The molecule has 0 saturated carbocycles. The van der Waals surface area contributed by atoms with Crippen LogP contribution in [-0.2, 0) is 26.0 Å². The maximum absolute atomic E-state index is 13.3. The van der Waals surface area contributed by atoms with E-state index in [1.807, 2.05) is 44.2 Å². The summed E-state index contributed by atoms with van der Waals surface area (Å²) in [6.45, 7) is 4.83.